The van der Waals surface area contributed by atoms with Crippen LogP contribution < -0.4 is 11.0 Å². The van der Waals surface area contributed by atoms with Crippen molar-refractivity contribution in [2.45, 2.75) is 32.5 Å². The maximum absolute atomic E-state index is 13.6. The number of rotatable bonds is 6. The van der Waals surface area contributed by atoms with Gasteiger partial charge in [-0.1, -0.05) is 24.3 Å². The van der Waals surface area contributed by atoms with Gasteiger partial charge in [0.2, 0.25) is 5.91 Å². The lowest BCUT2D eigenvalue weighted by Crippen LogP contribution is -2.31. The quantitative estimate of drug-likeness (QED) is 0.527. The molecule has 1 atom stereocenters. The number of imidazole rings is 2. The number of fused-ring (bicyclic) bond motifs is 2. The van der Waals surface area contributed by atoms with Crippen molar-refractivity contribution in [3.05, 3.63) is 64.8 Å². The zero-order valence-corrected chi connectivity index (χ0v) is 16.5. The minimum atomic E-state index is -2.78. The monoisotopic (exact) mass is 413 g/mol. The first-order valence-corrected chi connectivity index (χ1v) is 9.57. The molecule has 1 amide bonds. The van der Waals surface area contributed by atoms with Crippen LogP contribution in [0.25, 0.3) is 22.1 Å². The maximum Gasteiger partial charge on any atom is 0.328 e. The SMILES string of the molecule is CC(NC(=O)CCn1c(=O)n(C)c2ccccc21)c1nc2ccccc2n1C(F)F. The molecular weight excluding hydrogens is 392 g/mol. The molecule has 1 unspecified atom stereocenters. The molecule has 0 bridgehead atoms. The summed E-state index contributed by atoms with van der Waals surface area (Å²) in [5.41, 5.74) is 2.06. The molecule has 4 rings (SSSR count). The van der Waals surface area contributed by atoms with Crippen molar-refractivity contribution >= 4 is 28.0 Å². The number of para-hydroxylation sites is 4. The maximum atomic E-state index is 13.6. The van der Waals surface area contributed by atoms with Gasteiger partial charge in [0.15, 0.2) is 0 Å². The van der Waals surface area contributed by atoms with E-state index in [4.69, 9.17) is 0 Å². The Bertz CT molecular complexity index is 1290. The van der Waals surface area contributed by atoms with E-state index >= 15 is 0 Å². The fourth-order valence-corrected chi connectivity index (χ4v) is 3.74. The summed E-state index contributed by atoms with van der Waals surface area (Å²) < 4.78 is 31.1. The van der Waals surface area contributed by atoms with Crippen molar-refractivity contribution in [2.24, 2.45) is 7.05 Å². The van der Waals surface area contributed by atoms with Crippen LogP contribution in [-0.4, -0.2) is 24.6 Å². The number of alkyl halides is 2. The van der Waals surface area contributed by atoms with E-state index in [0.29, 0.717) is 11.0 Å². The lowest BCUT2D eigenvalue weighted by molar-refractivity contribution is -0.122. The molecule has 156 valence electrons. The Labute approximate surface area is 170 Å². The minimum absolute atomic E-state index is 0.0349. The number of hydrogen-bond acceptors (Lipinski definition) is 3. The van der Waals surface area contributed by atoms with Gasteiger partial charge in [0.05, 0.1) is 28.1 Å². The molecule has 0 fully saturated rings. The highest BCUT2D eigenvalue weighted by atomic mass is 19.3. The van der Waals surface area contributed by atoms with Crippen molar-refractivity contribution in [3.8, 4) is 0 Å². The topological polar surface area (TPSA) is 73.8 Å². The predicted octanol–water partition coefficient (Wildman–Crippen LogP) is 3.35. The van der Waals surface area contributed by atoms with Crippen molar-refractivity contribution < 1.29 is 13.6 Å². The van der Waals surface area contributed by atoms with Gasteiger partial charge in [0.1, 0.15) is 5.82 Å². The van der Waals surface area contributed by atoms with Crippen molar-refractivity contribution in [2.75, 3.05) is 0 Å². The van der Waals surface area contributed by atoms with Crippen LogP contribution in [0.5, 0.6) is 0 Å². The standard InChI is InChI=1S/C21H21F2N5O2/c1-13(19-25-14-7-3-4-8-15(14)28(19)20(22)23)24-18(29)11-12-27-17-10-6-5-9-16(17)26(2)21(27)30/h3-10,13,20H,11-12H2,1-2H3,(H,24,29). The number of hydrogen-bond donors (Lipinski definition) is 1. The van der Waals surface area contributed by atoms with Crippen LogP contribution in [0.3, 0.4) is 0 Å². The molecule has 2 aromatic carbocycles. The third-order valence-electron chi connectivity index (χ3n) is 5.20. The van der Waals surface area contributed by atoms with Crippen LogP contribution in [0.2, 0.25) is 0 Å². The van der Waals surface area contributed by atoms with Gasteiger partial charge in [-0.05, 0) is 31.2 Å². The van der Waals surface area contributed by atoms with Gasteiger partial charge in [-0.3, -0.25) is 18.5 Å². The van der Waals surface area contributed by atoms with Gasteiger partial charge in [-0.2, -0.15) is 8.78 Å². The van der Waals surface area contributed by atoms with Crippen LogP contribution in [-0.2, 0) is 18.4 Å². The van der Waals surface area contributed by atoms with Gasteiger partial charge < -0.3 is 5.32 Å². The Balaban J connectivity index is 1.52. The molecule has 7 nitrogen and oxygen atoms in total. The summed E-state index contributed by atoms with van der Waals surface area (Å²) in [6, 6.07) is 13.2. The van der Waals surface area contributed by atoms with E-state index in [2.05, 4.69) is 10.3 Å². The molecule has 9 heteroatoms. The molecule has 30 heavy (non-hydrogen) atoms. The second kappa shape index (κ2) is 7.74. The Kier molecular flexibility index (Phi) is 5.11. The molecule has 0 aliphatic carbocycles. The molecular formula is C21H21F2N5O2. The van der Waals surface area contributed by atoms with Crippen LogP contribution in [0, 0.1) is 0 Å². The third kappa shape index (κ3) is 3.36. The summed E-state index contributed by atoms with van der Waals surface area (Å²) in [4.78, 5) is 29.2. The summed E-state index contributed by atoms with van der Waals surface area (Å²) in [5, 5.41) is 2.72. The highest BCUT2D eigenvalue weighted by molar-refractivity contribution is 5.79. The summed E-state index contributed by atoms with van der Waals surface area (Å²) in [5.74, 6) is -0.267. The van der Waals surface area contributed by atoms with Gasteiger partial charge in [-0.15, -0.1) is 0 Å². The van der Waals surface area contributed by atoms with E-state index in [-0.39, 0.29) is 30.4 Å². The number of carbonyl (C=O) groups excluding carboxylic acids is 1. The molecule has 0 saturated carbocycles. The van der Waals surface area contributed by atoms with Crippen LogP contribution >= 0.6 is 0 Å². The van der Waals surface area contributed by atoms with Crippen LogP contribution in [0.15, 0.2) is 53.3 Å². The van der Waals surface area contributed by atoms with Crippen molar-refractivity contribution in [1.29, 1.82) is 0 Å². The third-order valence-corrected chi connectivity index (χ3v) is 5.20. The van der Waals surface area contributed by atoms with Gasteiger partial charge >= 0.3 is 12.2 Å². The van der Waals surface area contributed by atoms with Gasteiger partial charge in [0.25, 0.3) is 0 Å². The summed E-state index contributed by atoms with van der Waals surface area (Å²) in [7, 11) is 1.68. The number of benzene rings is 2. The number of nitrogens with zero attached hydrogens (tertiary/aromatic N) is 4. The van der Waals surface area contributed by atoms with Crippen molar-refractivity contribution in [1.82, 2.24) is 24.0 Å². The fraction of sp³-hybridized carbons (Fsp3) is 0.286. The van der Waals surface area contributed by atoms with E-state index in [9.17, 15) is 18.4 Å². The molecule has 1 N–H and O–H groups in total. The number of aryl methyl sites for hydroxylation is 2. The van der Waals surface area contributed by atoms with E-state index in [1.807, 2.05) is 24.3 Å². The molecule has 0 saturated heterocycles. The van der Waals surface area contributed by atoms with Crippen LogP contribution in [0.4, 0.5) is 8.78 Å². The number of nitrogens with one attached hydrogen (secondary N) is 1. The zero-order chi connectivity index (χ0) is 21.4. The first kappa shape index (κ1) is 19.8. The summed E-state index contributed by atoms with van der Waals surface area (Å²) >= 11 is 0. The lowest BCUT2D eigenvalue weighted by Gasteiger charge is -2.16. The molecule has 0 aliphatic heterocycles. The molecule has 4 aromatic rings. The normalized spacial score (nSPS) is 12.7. The number of carbonyl (C=O) groups is 1. The fourth-order valence-electron chi connectivity index (χ4n) is 3.74. The number of aromatic nitrogens is 4. The van der Waals surface area contributed by atoms with Crippen molar-refractivity contribution in [3.63, 3.8) is 0 Å². The largest absolute Gasteiger partial charge is 0.346 e. The average Bonchev–Trinajstić information content (AvgIpc) is 3.23. The lowest BCUT2D eigenvalue weighted by atomic mass is 10.2. The Morgan fingerprint density at radius 3 is 2.40 bits per heavy atom. The Morgan fingerprint density at radius 1 is 1.07 bits per heavy atom. The van der Waals surface area contributed by atoms with Gasteiger partial charge in [0, 0.05) is 20.0 Å². The first-order chi connectivity index (χ1) is 14.4. The molecule has 0 radical (unpaired) electrons. The average molecular weight is 413 g/mol. The Hall–Kier alpha value is -3.49. The van der Waals surface area contributed by atoms with E-state index < -0.39 is 12.6 Å². The van der Waals surface area contributed by atoms with E-state index in [1.54, 1.807) is 38.2 Å². The molecule has 2 heterocycles. The highest BCUT2D eigenvalue weighted by Gasteiger charge is 2.23. The predicted molar refractivity (Wildman–Crippen MR) is 109 cm³/mol. The van der Waals surface area contributed by atoms with E-state index in [0.717, 1.165) is 15.6 Å². The number of amides is 1. The smallest absolute Gasteiger partial charge is 0.328 e. The number of halogens is 2. The van der Waals surface area contributed by atoms with Crippen LogP contribution in [0.1, 0.15) is 31.8 Å². The van der Waals surface area contributed by atoms with Gasteiger partial charge in [-0.25, -0.2) is 9.78 Å². The molecule has 0 aliphatic rings. The molecule has 2 aromatic heterocycles. The Morgan fingerprint density at radius 2 is 1.70 bits per heavy atom. The highest BCUT2D eigenvalue weighted by Crippen LogP contribution is 2.26. The zero-order valence-electron chi connectivity index (χ0n) is 16.5. The first-order valence-electron chi connectivity index (χ1n) is 9.57. The summed E-state index contributed by atoms with van der Waals surface area (Å²) in [6.45, 7) is -0.979. The second-order valence-electron chi connectivity index (χ2n) is 7.13. The summed E-state index contributed by atoms with van der Waals surface area (Å²) in [6.07, 6.45) is 0.0349. The minimum Gasteiger partial charge on any atom is -0.346 e. The second-order valence-corrected chi connectivity index (χ2v) is 7.13. The molecule has 0 spiro atoms. The van der Waals surface area contributed by atoms with E-state index in [1.165, 1.54) is 9.13 Å².